The minimum atomic E-state index is -1.64. The van der Waals surface area contributed by atoms with Gasteiger partial charge in [0.05, 0.1) is 0 Å². The number of ketones is 2. The van der Waals surface area contributed by atoms with Crippen molar-refractivity contribution in [1.82, 2.24) is 0 Å². The van der Waals surface area contributed by atoms with Gasteiger partial charge in [-0.25, -0.2) is 0 Å². The number of carbonyl (C=O) groups is 2. The summed E-state index contributed by atoms with van der Waals surface area (Å²) in [6.07, 6.45) is 4.83. The van der Waals surface area contributed by atoms with E-state index in [1.165, 1.54) is 207 Å². The third-order valence-corrected chi connectivity index (χ3v) is 35.9. The molecule has 32 rings (SSSR count). The summed E-state index contributed by atoms with van der Waals surface area (Å²) in [5, 5.41) is 43.3. The second kappa shape index (κ2) is 34.9. The van der Waals surface area contributed by atoms with Gasteiger partial charge in [-0.15, -0.1) is 0 Å². The Bertz CT molecular complexity index is 9640. The van der Waals surface area contributed by atoms with Crippen molar-refractivity contribution < 1.29 is 43.4 Å². The monoisotopic (exact) mass is 2120 g/mol. The zero-order chi connectivity index (χ0) is 101. The quantitative estimate of drug-likeness (QED) is 0.102. The molecule has 1 saturated heterocycles. The summed E-state index contributed by atoms with van der Waals surface area (Å²) in [4.78, 5) is 26.2. The van der Waals surface area contributed by atoms with Gasteiger partial charge in [0.1, 0.15) is 11.2 Å². The maximum Gasteiger partial charge on any atom is 1.00 e. The van der Waals surface area contributed by atoms with E-state index in [9.17, 15) is 19.8 Å². The number of aliphatic hydroxyl groups is 2. The molecule has 150 heavy (non-hydrogen) atoms. The molecule has 0 radical (unpaired) electrons. The first-order chi connectivity index (χ1) is 72.5. The summed E-state index contributed by atoms with van der Waals surface area (Å²) in [6, 6.07) is 138. The molecule has 1 heterocycles. The van der Waals surface area contributed by atoms with Gasteiger partial charge in [-0.05, 0) is 339 Å². The van der Waals surface area contributed by atoms with Gasteiger partial charge in [0.25, 0.3) is 0 Å². The second-order valence-electron chi connectivity index (χ2n) is 43.2. The standard InChI is InChI=1S/C55H35BrO2.C55H33Br.C23H15BrO2.C4H8O.C4H9.Li/c1-53(2)43-20-8-7-15-35(43)42-28-49-50(29-47(42)53)55(58,45-26-23-39-34-14-6-4-12-32(34)37-17-10-19-41(45)52(37)39)48-27-30(56)21-24-46(48)54(49,57)44-25-22-38-33-13-5-3-11-31(33)36-16-9-18-40(44)51(36)38;1-55(2)49-20-8-7-15-35(49)45-28-47-48(29-50(45)55)54(43-26-24-41-34-14-6-4-12-32(34)37-17-10-19-39(43)52(37)41)46-27-30(56)21-22-44(46)53(47)42-25-23-40-33-13-5-3-11-31(33)36-16-9-18-38(42)51(36)40;1-23(2)19-6-4-3-5-13(19)15-10-17-18(11-20(15)23)22(26)16-9-12(24)7-8-14(16)21(17)25;1-2-4-5-3-1;1-3-4-2;/h3-29,57-58H,1-2H3;3-29H,1-2H3;3-11H,1-2H3;1-4H2;1,3-4H2,2H3;/q;;;;-1;+1. The number of hydrogen-bond acceptors (Lipinski definition) is 5. The van der Waals surface area contributed by atoms with E-state index in [1.807, 2.05) is 42.5 Å². The number of hydrogen-bond donors (Lipinski definition) is 2. The number of unbranched alkanes of at least 4 members (excludes halogenated alkanes) is 1. The molecule has 22 aromatic carbocycles. The first kappa shape index (κ1) is 94.1. The van der Waals surface area contributed by atoms with Crippen molar-refractivity contribution in [3.8, 4) is 145 Å². The fourth-order valence-corrected chi connectivity index (χ4v) is 28.5. The molecule has 9 aliphatic carbocycles. The van der Waals surface area contributed by atoms with Gasteiger partial charge in [0.2, 0.25) is 0 Å². The van der Waals surface area contributed by atoms with E-state index in [4.69, 9.17) is 4.74 Å². The summed E-state index contributed by atoms with van der Waals surface area (Å²) < 4.78 is 7.66. The van der Waals surface area contributed by atoms with E-state index in [-0.39, 0.29) is 46.7 Å². The molecule has 2 unspecified atom stereocenters. The zero-order valence-corrected chi connectivity index (χ0v) is 89.3. The summed E-state index contributed by atoms with van der Waals surface area (Å²) in [5.41, 5.74) is 42.3. The third-order valence-electron chi connectivity index (χ3n) is 34.4. The van der Waals surface area contributed by atoms with Crippen LogP contribution in [0.4, 0.5) is 0 Å². The normalized spacial score (nSPS) is 16.4. The summed E-state index contributed by atoms with van der Waals surface area (Å²) in [7, 11) is 0. The Morgan fingerprint density at radius 3 is 0.973 bits per heavy atom. The van der Waals surface area contributed by atoms with Crippen LogP contribution in [0.5, 0.6) is 0 Å². The van der Waals surface area contributed by atoms with Crippen molar-refractivity contribution in [3.63, 3.8) is 0 Å². The van der Waals surface area contributed by atoms with Crippen LogP contribution in [-0.4, -0.2) is 35.0 Å². The van der Waals surface area contributed by atoms with Crippen LogP contribution in [-0.2, 0) is 32.2 Å². The molecule has 10 aliphatic rings. The molecule has 716 valence electrons. The first-order valence-corrected chi connectivity index (χ1v) is 54.4. The maximum absolute atomic E-state index is 14.3. The molecule has 2 N–H and O–H groups in total. The van der Waals surface area contributed by atoms with Crippen molar-refractivity contribution in [2.24, 2.45) is 0 Å². The minimum Gasteiger partial charge on any atom is -0.381 e. The van der Waals surface area contributed by atoms with E-state index in [1.54, 1.807) is 18.2 Å². The van der Waals surface area contributed by atoms with Crippen molar-refractivity contribution in [1.29, 1.82) is 0 Å². The molecule has 0 bridgehead atoms. The van der Waals surface area contributed by atoms with Gasteiger partial charge in [-0.1, -0.05) is 412 Å². The molecule has 5 nitrogen and oxygen atoms in total. The molecule has 22 aromatic rings. The van der Waals surface area contributed by atoms with Crippen LogP contribution in [0.3, 0.4) is 0 Å². The summed E-state index contributed by atoms with van der Waals surface area (Å²) >= 11 is 11.2. The van der Waals surface area contributed by atoms with Crippen molar-refractivity contribution in [3.05, 3.63) is 492 Å². The molecular weight excluding hydrogens is 2020 g/mol. The van der Waals surface area contributed by atoms with Gasteiger partial charge < -0.3 is 21.9 Å². The number of benzene rings is 22. The summed E-state index contributed by atoms with van der Waals surface area (Å²) in [5.74, 6) is -0.155. The van der Waals surface area contributed by atoms with E-state index in [0.717, 1.165) is 99.1 Å². The molecule has 0 amide bonds. The van der Waals surface area contributed by atoms with Crippen molar-refractivity contribution in [2.75, 3.05) is 13.2 Å². The Morgan fingerprint density at radius 1 is 0.233 bits per heavy atom. The van der Waals surface area contributed by atoms with E-state index in [2.05, 4.69) is 425 Å². The smallest absolute Gasteiger partial charge is 0.381 e. The minimum absolute atomic E-state index is 0. The third kappa shape index (κ3) is 13.4. The molecule has 2 atom stereocenters. The first-order valence-electron chi connectivity index (χ1n) is 52.0. The van der Waals surface area contributed by atoms with Gasteiger partial charge in [0, 0.05) is 87.4 Å². The number of halogens is 3. The predicted octanol–water partition coefficient (Wildman–Crippen LogP) is 34.2. The number of rotatable bonds is 5. The van der Waals surface area contributed by atoms with Crippen LogP contribution in [0.1, 0.15) is 173 Å². The Labute approximate surface area is 910 Å². The number of fused-ring (bicyclic) bond motifs is 27. The van der Waals surface area contributed by atoms with Gasteiger partial charge >= 0.3 is 18.9 Å². The van der Waals surface area contributed by atoms with E-state index in [0.29, 0.717) is 44.5 Å². The van der Waals surface area contributed by atoms with Crippen molar-refractivity contribution in [2.45, 2.75) is 102 Å². The Hall–Kier alpha value is -14.3. The van der Waals surface area contributed by atoms with E-state index < -0.39 is 11.2 Å². The van der Waals surface area contributed by atoms with Crippen LogP contribution in [0.2, 0.25) is 0 Å². The number of ether oxygens (including phenoxy) is 1. The fraction of sp³-hybridized carbons (Fsp3) is 0.128. The van der Waals surface area contributed by atoms with Crippen molar-refractivity contribution >= 4 is 124 Å². The molecule has 0 saturated carbocycles. The van der Waals surface area contributed by atoms with Crippen LogP contribution >= 0.6 is 47.8 Å². The molecule has 9 heteroatoms. The zero-order valence-electron chi connectivity index (χ0n) is 84.6. The van der Waals surface area contributed by atoms with Gasteiger partial charge in [0.15, 0.2) is 11.6 Å². The molecular formula is C141H100Br3LiO5. The Kier molecular flexibility index (Phi) is 21.9. The van der Waals surface area contributed by atoms with Crippen LogP contribution in [0, 0.1) is 6.92 Å². The molecule has 0 aromatic heterocycles. The Morgan fingerprint density at radius 2 is 0.520 bits per heavy atom. The Balaban J connectivity index is 0.000000112. The maximum atomic E-state index is 14.3. The SMILES string of the molecule is C1CCOC1.CC1(C)c2ccccc2-c2cc3c(-c4ccc5c6c(cccc46)-c4ccccc4-5)c4ccc(Br)cc4c(-c4ccc5c6c(cccc46)-c4ccccc4-5)c3cc21.CC1(C)c2ccccc2-c2cc3c(cc21)C(=O)c1cc(Br)ccc1C3=O.CC1(C)c2ccccc2-c2cc3c(cc21)C(O)(c1ccc2c4c(cccc14)-c1ccccc1-2)c1cc(Br)ccc1C3(O)c1ccc2c3c(cccc13)-c1ccccc1-2.[CH2-]CCC.[Li+]. The molecule has 1 aliphatic heterocycles. The van der Waals surface area contributed by atoms with Crippen LogP contribution < -0.4 is 18.9 Å². The molecule has 0 spiro atoms. The van der Waals surface area contributed by atoms with Crippen LogP contribution in [0.25, 0.3) is 209 Å². The van der Waals surface area contributed by atoms with Crippen LogP contribution in [0.15, 0.2) is 396 Å². The number of carbonyl (C=O) groups excluding carboxylic acids is 2. The van der Waals surface area contributed by atoms with Gasteiger partial charge in [-0.2, -0.15) is 6.42 Å². The topological polar surface area (TPSA) is 83.8 Å². The second-order valence-corrected chi connectivity index (χ2v) is 45.9. The predicted molar refractivity (Wildman–Crippen MR) is 626 cm³/mol. The largest absolute Gasteiger partial charge is 1.00 e. The average molecular weight is 2120 g/mol. The van der Waals surface area contributed by atoms with E-state index >= 15 is 0 Å². The average Bonchev–Trinajstić information content (AvgIpc) is 1.09. The molecule has 1 fully saturated rings. The fourth-order valence-electron chi connectivity index (χ4n) is 27.4. The summed E-state index contributed by atoms with van der Waals surface area (Å²) in [6.45, 7) is 21.4. The van der Waals surface area contributed by atoms with Gasteiger partial charge in [-0.3, -0.25) is 9.59 Å².